The van der Waals surface area contributed by atoms with E-state index in [-0.39, 0.29) is 11.4 Å². The summed E-state index contributed by atoms with van der Waals surface area (Å²) >= 11 is 5.37. The molecule has 0 radical (unpaired) electrons. The third-order valence-electron chi connectivity index (χ3n) is 4.93. The van der Waals surface area contributed by atoms with Crippen LogP contribution in [0.1, 0.15) is 26.7 Å². The molecular weight excluding hydrogens is 332 g/mol. The predicted octanol–water partition coefficient (Wildman–Crippen LogP) is 2.08. The number of nitrogens with zero attached hydrogens (tertiary/aromatic N) is 3. The average Bonchev–Trinajstić information content (AvgIpc) is 2.58. The molecule has 0 unspecified atom stereocenters. The number of rotatable bonds is 5. The number of hydrogen-bond acceptors (Lipinski definition) is 4. The van der Waals surface area contributed by atoms with Crippen molar-refractivity contribution in [1.29, 1.82) is 0 Å². The quantitative estimate of drug-likeness (QED) is 0.814. The Labute approximate surface area is 156 Å². The number of nitrogens with one attached hydrogen (secondary N) is 1. The van der Waals surface area contributed by atoms with E-state index in [1.54, 1.807) is 4.90 Å². The highest BCUT2D eigenvalue weighted by Crippen LogP contribution is 2.18. The molecule has 1 amide bonds. The van der Waals surface area contributed by atoms with E-state index in [1.165, 1.54) is 5.69 Å². The summed E-state index contributed by atoms with van der Waals surface area (Å²) in [5.74, 6) is 0.141. The molecule has 2 saturated heterocycles. The fourth-order valence-electron chi connectivity index (χ4n) is 3.54. The van der Waals surface area contributed by atoms with Crippen LogP contribution in [0.15, 0.2) is 30.3 Å². The van der Waals surface area contributed by atoms with E-state index in [2.05, 4.69) is 45.4 Å². The second-order valence-electron chi connectivity index (χ2n) is 7.55. The number of para-hydroxylation sites is 1. The van der Waals surface area contributed by atoms with Crippen molar-refractivity contribution in [2.75, 3.05) is 44.2 Å². The second-order valence-corrected chi connectivity index (χ2v) is 7.94. The topological polar surface area (TPSA) is 38.8 Å². The molecule has 136 valence electrons. The third-order valence-corrected chi connectivity index (χ3v) is 5.26. The zero-order chi connectivity index (χ0) is 17.9. The molecular formula is C19H28N4OS. The van der Waals surface area contributed by atoms with Gasteiger partial charge in [-0.15, -0.1) is 0 Å². The lowest BCUT2D eigenvalue weighted by atomic mass is 9.98. The number of carbonyl (C=O) groups excluding carboxylic acids is 1. The van der Waals surface area contributed by atoms with Crippen LogP contribution in [0.4, 0.5) is 5.69 Å². The first-order valence-electron chi connectivity index (χ1n) is 9.09. The van der Waals surface area contributed by atoms with Crippen LogP contribution >= 0.6 is 12.2 Å². The standard InChI is InChI=1S/C19H28N4OS/c1-19(2)15-17(24)23(18(25)20-19)10-6-9-21-11-13-22(14-12-21)16-7-4-3-5-8-16/h3-5,7-8H,6,9-15H2,1-2H3,(H,20,25). The molecule has 2 aliphatic rings. The van der Waals surface area contributed by atoms with E-state index in [0.717, 1.165) is 39.1 Å². The van der Waals surface area contributed by atoms with Gasteiger partial charge < -0.3 is 10.2 Å². The van der Waals surface area contributed by atoms with Crippen molar-refractivity contribution in [3.8, 4) is 0 Å². The summed E-state index contributed by atoms with van der Waals surface area (Å²) in [5.41, 5.74) is 1.08. The van der Waals surface area contributed by atoms with E-state index in [4.69, 9.17) is 12.2 Å². The first-order valence-corrected chi connectivity index (χ1v) is 9.50. The van der Waals surface area contributed by atoms with Crippen molar-refractivity contribution in [1.82, 2.24) is 15.1 Å². The summed E-state index contributed by atoms with van der Waals surface area (Å²) in [7, 11) is 0. The Bertz CT molecular complexity index is 591. The third kappa shape index (κ3) is 4.70. The zero-order valence-electron chi connectivity index (χ0n) is 15.2. The van der Waals surface area contributed by atoms with Crippen LogP contribution in [0.5, 0.6) is 0 Å². The normalized spacial score (nSPS) is 21.4. The summed E-state index contributed by atoms with van der Waals surface area (Å²) in [4.78, 5) is 18.9. The lowest BCUT2D eigenvalue weighted by Crippen LogP contribution is -2.59. The Morgan fingerprint density at radius 2 is 1.76 bits per heavy atom. The number of benzene rings is 1. The Morgan fingerprint density at radius 3 is 2.40 bits per heavy atom. The van der Waals surface area contributed by atoms with Crippen molar-refractivity contribution in [2.45, 2.75) is 32.2 Å². The Balaban J connectivity index is 1.40. The van der Waals surface area contributed by atoms with E-state index >= 15 is 0 Å². The summed E-state index contributed by atoms with van der Waals surface area (Å²) in [6, 6.07) is 10.6. The molecule has 2 fully saturated rings. The minimum Gasteiger partial charge on any atom is -0.369 e. The number of anilines is 1. The molecule has 6 heteroatoms. The Morgan fingerprint density at radius 1 is 1.08 bits per heavy atom. The minimum absolute atomic E-state index is 0.141. The first kappa shape index (κ1) is 18.1. The predicted molar refractivity (Wildman–Crippen MR) is 106 cm³/mol. The molecule has 0 bridgehead atoms. The molecule has 0 saturated carbocycles. The van der Waals surface area contributed by atoms with Gasteiger partial charge in [0.2, 0.25) is 5.91 Å². The molecule has 2 aliphatic heterocycles. The number of hydrogen-bond donors (Lipinski definition) is 1. The average molecular weight is 361 g/mol. The molecule has 25 heavy (non-hydrogen) atoms. The van der Waals surface area contributed by atoms with Crippen LogP contribution in [0, 0.1) is 0 Å². The Hall–Kier alpha value is -1.66. The number of carbonyl (C=O) groups is 1. The number of amides is 1. The smallest absolute Gasteiger partial charge is 0.231 e. The second kappa shape index (κ2) is 7.70. The molecule has 5 nitrogen and oxygen atoms in total. The van der Waals surface area contributed by atoms with Crippen molar-refractivity contribution >= 4 is 28.9 Å². The van der Waals surface area contributed by atoms with Crippen LogP contribution < -0.4 is 10.2 Å². The van der Waals surface area contributed by atoms with Gasteiger partial charge in [-0.25, -0.2) is 0 Å². The molecule has 3 rings (SSSR count). The van der Waals surface area contributed by atoms with E-state index in [1.807, 2.05) is 13.8 Å². The van der Waals surface area contributed by atoms with Crippen LogP contribution in [0.25, 0.3) is 0 Å². The SMILES string of the molecule is CC1(C)CC(=O)N(CCCN2CCN(c3ccccc3)CC2)C(=S)N1. The van der Waals surface area contributed by atoms with Crippen molar-refractivity contribution in [2.24, 2.45) is 0 Å². The summed E-state index contributed by atoms with van der Waals surface area (Å²) in [6.07, 6.45) is 1.46. The summed E-state index contributed by atoms with van der Waals surface area (Å²) < 4.78 is 0. The van der Waals surface area contributed by atoms with E-state index < -0.39 is 0 Å². The molecule has 1 N–H and O–H groups in total. The number of thiocarbonyl (C=S) groups is 1. The monoisotopic (exact) mass is 360 g/mol. The maximum absolute atomic E-state index is 12.3. The van der Waals surface area contributed by atoms with Gasteiger partial charge in [-0.3, -0.25) is 14.6 Å². The summed E-state index contributed by atoms with van der Waals surface area (Å²) in [6.45, 7) is 10.00. The molecule has 2 heterocycles. The van der Waals surface area contributed by atoms with Crippen molar-refractivity contribution in [3.63, 3.8) is 0 Å². The van der Waals surface area contributed by atoms with E-state index in [9.17, 15) is 4.79 Å². The highest BCUT2D eigenvalue weighted by atomic mass is 32.1. The van der Waals surface area contributed by atoms with Crippen LogP contribution in [0.2, 0.25) is 0 Å². The molecule has 1 aromatic rings. The van der Waals surface area contributed by atoms with Gasteiger partial charge in [0.15, 0.2) is 5.11 Å². The van der Waals surface area contributed by atoms with Crippen molar-refractivity contribution < 1.29 is 4.79 Å². The van der Waals surface area contributed by atoms with Gasteiger partial charge in [-0.1, -0.05) is 18.2 Å². The van der Waals surface area contributed by atoms with Crippen LogP contribution in [0.3, 0.4) is 0 Å². The van der Waals surface area contributed by atoms with Gasteiger partial charge in [0.1, 0.15) is 0 Å². The van der Waals surface area contributed by atoms with Gasteiger partial charge >= 0.3 is 0 Å². The summed E-state index contributed by atoms with van der Waals surface area (Å²) in [5, 5.41) is 3.84. The Kier molecular flexibility index (Phi) is 5.59. The molecule has 0 aliphatic carbocycles. The fraction of sp³-hybridized carbons (Fsp3) is 0.579. The molecule has 0 spiro atoms. The van der Waals surface area contributed by atoms with Gasteiger partial charge in [-0.2, -0.15) is 0 Å². The van der Waals surface area contributed by atoms with Gasteiger partial charge in [0.25, 0.3) is 0 Å². The van der Waals surface area contributed by atoms with Crippen molar-refractivity contribution in [3.05, 3.63) is 30.3 Å². The first-order chi connectivity index (χ1) is 11.9. The maximum atomic E-state index is 12.3. The van der Waals surface area contributed by atoms with Crippen LogP contribution in [-0.2, 0) is 4.79 Å². The molecule has 0 atom stereocenters. The van der Waals surface area contributed by atoms with Gasteiger partial charge in [-0.05, 0) is 51.2 Å². The zero-order valence-corrected chi connectivity index (χ0v) is 16.0. The molecule has 1 aromatic carbocycles. The minimum atomic E-state index is -0.224. The van der Waals surface area contributed by atoms with E-state index in [0.29, 0.717) is 18.1 Å². The maximum Gasteiger partial charge on any atom is 0.231 e. The van der Waals surface area contributed by atoms with Crippen LogP contribution in [-0.4, -0.2) is 65.6 Å². The number of piperazine rings is 1. The van der Waals surface area contributed by atoms with Gasteiger partial charge in [0, 0.05) is 50.4 Å². The largest absolute Gasteiger partial charge is 0.369 e. The highest BCUT2D eigenvalue weighted by molar-refractivity contribution is 7.80. The highest BCUT2D eigenvalue weighted by Gasteiger charge is 2.34. The molecule has 0 aromatic heterocycles. The fourth-order valence-corrected chi connectivity index (χ4v) is 4.00. The lowest BCUT2D eigenvalue weighted by Gasteiger charge is -2.39. The lowest BCUT2D eigenvalue weighted by molar-refractivity contribution is -0.130. The van der Waals surface area contributed by atoms with Gasteiger partial charge in [0.05, 0.1) is 0 Å².